The summed E-state index contributed by atoms with van der Waals surface area (Å²) < 4.78 is 10.7. The maximum absolute atomic E-state index is 13.6. The SMILES string of the molecule is Cc1cccc(Cc2nc(C(=O)[C@@H](NC(=O)[C@@H]3CCCN3C(=O)[C@@H](NC(=O)OCc3ccccc3)C(C)C)C(C)C)no2)c1. The Morgan fingerprint density at radius 1 is 0.955 bits per heavy atom. The summed E-state index contributed by atoms with van der Waals surface area (Å²) in [4.78, 5) is 58.9. The van der Waals surface area contributed by atoms with Crippen molar-refractivity contribution in [3.63, 3.8) is 0 Å². The number of aryl methyl sites for hydroxylation is 1. The molecule has 11 heteroatoms. The van der Waals surface area contributed by atoms with Gasteiger partial charge in [0.2, 0.25) is 29.3 Å². The van der Waals surface area contributed by atoms with E-state index in [1.807, 2.05) is 89.2 Å². The molecular formula is C33H41N5O6. The first-order chi connectivity index (χ1) is 21.0. The molecule has 4 rings (SSSR count). The van der Waals surface area contributed by atoms with E-state index >= 15 is 0 Å². The van der Waals surface area contributed by atoms with Crippen molar-refractivity contribution in [3.8, 4) is 0 Å². The lowest BCUT2D eigenvalue weighted by molar-refractivity contribution is -0.141. The van der Waals surface area contributed by atoms with E-state index < -0.39 is 35.9 Å². The lowest BCUT2D eigenvalue weighted by Gasteiger charge is -2.31. The highest BCUT2D eigenvalue weighted by molar-refractivity contribution is 6.00. The summed E-state index contributed by atoms with van der Waals surface area (Å²) >= 11 is 0. The molecule has 1 fully saturated rings. The number of amides is 3. The van der Waals surface area contributed by atoms with Crippen molar-refractivity contribution in [1.29, 1.82) is 0 Å². The van der Waals surface area contributed by atoms with Crippen LogP contribution in [0.1, 0.15) is 73.7 Å². The molecule has 234 valence electrons. The molecule has 2 heterocycles. The minimum absolute atomic E-state index is 0.0683. The molecule has 0 aliphatic carbocycles. The molecule has 1 saturated heterocycles. The molecule has 0 spiro atoms. The second-order valence-corrected chi connectivity index (χ2v) is 11.9. The summed E-state index contributed by atoms with van der Waals surface area (Å²) in [7, 11) is 0. The number of benzene rings is 2. The lowest BCUT2D eigenvalue weighted by Crippen LogP contribution is -2.57. The van der Waals surface area contributed by atoms with Crippen molar-refractivity contribution in [3.05, 3.63) is 83.0 Å². The number of likely N-dealkylation sites (tertiary alicyclic amines) is 1. The Morgan fingerprint density at radius 3 is 2.34 bits per heavy atom. The van der Waals surface area contributed by atoms with Crippen LogP contribution in [0.25, 0.3) is 0 Å². The van der Waals surface area contributed by atoms with Gasteiger partial charge in [0.25, 0.3) is 0 Å². The number of aromatic nitrogens is 2. The van der Waals surface area contributed by atoms with E-state index in [0.29, 0.717) is 31.7 Å². The Kier molecular flexibility index (Phi) is 10.9. The summed E-state index contributed by atoms with van der Waals surface area (Å²) in [5.74, 6) is -1.62. The first-order valence-electron chi connectivity index (χ1n) is 15.0. The van der Waals surface area contributed by atoms with Gasteiger partial charge in [-0.1, -0.05) is 93.0 Å². The largest absolute Gasteiger partial charge is 0.445 e. The molecule has 0 saturated carbocycles. The van der Waals surface area contributed by atoms with Gasteiger partial charge in [0.15, 0.2) is 0 Å². The van der Waals surface area contributed by atoms with Crippen LogP contribution in [-0.4, -0.2) is 63.4 Å². The molecule has 0 bridgehead atoms. The second kappa shape index (κ2) is 14.8. The number of carbonyl (C=O) groups is 4. The Bertz CT molecular complexity index is 1450. The zero-order chi connectivity index (χ0) is 31.8. The topological polar surface area (TPSA) is 144 Å². The maximum atomic E-state index is 13.6. The molecule has 1 aliphatic heterocycles. The van der Waals surface area contributed by atoms with Gasteiger partial charge < -0.3 is 24.8 Å². The van der Waals surface area contributed by atoms with Crippen molar-refractivity contribution in [2.24, 2.45) is 11.8 Å². The fourth-order valence-electron chi connectivity index (χ4n) is 5.23. The molecule has 3 amide bonds. The summed E-state index contributed by atoms with van der Waals surface area (Å²) in [5, 5.41) is 9.41. The molecule has 44 heavy (non-hydrogen) atoms. The maximum Gasteiger partial charge on any atom is 0.408 e. The Labute approximate surface area is 257 Å². The van der Waals surface area contributed by atoms with Crippen molar-refractivity contribution < 1.29 is 28.4 Å². The average molecular weight is 604 g/mol. The molecule has 3 aromatic rings. The number of rotatable bonds is 12. The van der Waals surface area contributed by atoms with Crippen molar-refractivity contribution in [2.75, 3.05) is 6.54 Å². The molecule has 2 N–H and O–H groups in total. The monoisotopic (exact) mass is 603 g/mol. The van der Waals surface area contributed by atoms with E-state index in [1.54, 1.807) is 0 Å². The van der Waals surface area contributed by atoms with E-state index in [4.69, 9.17) is 9.26 Å². The highest BCUT2D eigenvalue weighted by Gasteiger charge is 2.40. The van der Waals surface area contributed by atoms with Gasteiger partial charge in [-0.15, -0.1) is 0 Å². The number of carbonyl (C=O) groups excluding carboxylic acids is 4. The summed E-state index contributed by atoms with van der Waals surface area (Å²) in [6, 6.07) is 14.5. The first kappa shape index (κ1) is 32.4. The third-order valence-corrected chi connectivity index (χ3v) is 7.63. The van der Waals surface area contributed by atoms with Crippen molar-refractivity contribution in [1.82, 2.24) is 25.7 Å². The summed E-state index contributed by atoms with van der Waals surface area (Å²) in [6.45, 7) is 9.67. The number of hydrogen-bond donors (Lipinski definition) is 2. The van der Waals surface area contributed by atoms with Gasteiger partial charge in [-0.05, 0) is 42.7 Å². The molecule has 3 atom stereocenters. The molecule has 0 unspecified atom stereocenters. The smallest absolute Gasteiger partial charge is 0.408 e. The van der Waals surface area contributed by atoms with Crippen LogP contribution in [0.4, 0.5) is 4.79 Å². The van der Waals surface area contributed by atoms with Crippen LogP contribution in [0, 0.1) is 18.8 Å². The number of nitrogens with zero attached hydrogens (tertiary/aromatic N) is 3. The van der Waals surface area contributed by atoms with Crippen LogP contribution >= 0.6 is 0 Å². The number of alkyl carbamates (subject to hydrolysis) is 1. The predicted molar refractivity (Wildman–Crippen MR) is 163 cm³/mol. The first-order valence-corrected chi connectivity index (χ1v) is 15.0. The highest BCUT2D eigenvalue weighted by Crippen LogP contribution is 2.22. The van der Waals surface area contributed by atoms with E-state index in [2.05, 4.69) is 20.8 Å². The molecular weight excluding hydrogens is 562 g/mol. The lowest BCUT2D eigenvalue weighted by atomic mass is 9.98. The van der Waals surface area contributed by atoms with Crippen molar-refractivity contribution >= 4 is 23.7 Å². The number of ketones is 1. The van der Waals surface area contributed by atoms with E-state index in [0.717, 1.165) is 16.7 Å². The van der Waals surface area contributed by atoms with Gasteiger partial charge >= 0.3 is 6.09 Å². The van der Waals surface area contributed by atoms with Crippen LogP contribution in [0.2, 0.25) is 0 Å². The fraction of sp³-hybridized carbons (Fsp3) is 0.455. The van der Waals surface area contributed by atoms with Gasteiger partial charge in [-0.2, -0.15) is 4.98 Å². The van der Waals surface area contributed by atoms with E-state index in [9.17, 15) is 19.2 Å². The Balaban J connectivity index is 1.39. The normalized spacial score (nSPS) is 16.1. The molecule has 11 nitrogen and oxygen atoms in total. The summed E-state index contributed by atoms with van der Waals surface area (Å²) in [6.07, 6.45) is 0.710. The highest BCUT2D eigenvalue weighted by atomic mass is 16.5. The molecule has 0 radical (unpaired) electrons. The van der Waals surface area contributed by atoms with Gasteiger partial charge in [-0.3, -0.25) is 14.4 Å². The van der Waals surface area contributed by atoms with Crippen LogP contribution < -0.4 is 10.6 Å². The average Bonchev–Trinajstić information content (AvgIpc) is 3.67. The molecule has 2 aromatic carbocycles. The van der Waals surface area contributed by atoms with Crippen LogP contribution in [0.5, 0.6) is 0 Å². The fourth-order valence-corrected chi connectivity index (χ4v) is 5.23. The third kappa shape index (κ3) is 8.30. The number of ether oxygens (including phenoxy) is 1. The van der Waals surface area contributed by atoms with Gasteiger partial charge in [0, 0.05) is 6.54 Å². The minimum atomic E-state index is -0.920. The zero-order valence-electron chi connectivity index (χ0n) is 25.9. The van der Waals surface area contributed by atoms with Gasteiger partial charge in [0.1, 0.15) is 18.7 Å². The number of nitrogens with one attached hydrogen (secondary N) is 2. The van der Waals surface area contributed by atoms with E-state index in [1.165, 1.54) is 4.90 Å². The van der Waals surface area contributed by atoms with Crippen LogP contribution in [-0.2, 0) is 27.4 Å². The third-order valence-electron chi connectivity index (χ3n) is 7.63. The van der Waals surface area contributed by atoms with Crippen LogP contribution in [0.3, 0.4) is 0 Å². The van der Waals surface area contributed by atoms with Gasteiger partial charge in [-0.25, -0.2) is 4.79 Å². The van der Waals surface area contributed by atoms with Gasteiger partial charge in [0.05, 0.1) is 12.5 Å². The molecule has 1 aromatic heterocycles. The second-order valence-electron chi connectivity index (χ2n) is 11.9. The van der Waals surface area contributed by atoms with Crippen LogP contribution in [0.15, 0.2) is 59.1 Å². The standard InChI is InChI=1S/C33H41N5O6/c1-20(2)27(29(39)30-34-26(44-37-30)18-24-14-9-11-22(5)17-24)35-31(40)25-15-10-16-38(25)32(41)28(21(3)4)36-33(42)43-19-23-12-7-6-8-13-23/h6-9,11-14,17,20-21,25,27-28H,10,15-16,18-19H2,1-5H3,(H,35,40)(H,36,42)/t25-,27-,28-/m0/s1. The quantitative estimate of drug-likeness (QED) is 0.293. The minimum Gasteiger partial charge on any atom is -0.445 e. The van der Waals surface area contributed by atoms with Crippen molar-refractivity contribution in [2.45, 2.75) is 78.6 Å². The predicted octanol–water partition coefficient (Wildman–Crippen LogP) is 4.23. The number of hydrogen-bond acceptors (Lipinski definition) is 8. The number of Topliss-reactive ketones (excluding diaryl/α,β-unsaturated/α-hetero) is 1. The molecule has 1 aliphatic rings. The zero-order valence-corrected chi connectivity index (χ0v) is 25.9. The Hall–Kier alpha value is -4.54. The Morgan fingerprint density at radius 2 is 1.66 bits per heavy atom. The summed E-state index contributed by atoms with van der Waals surface area (Å²) in [5.41, 5.74) is 2.90. The van der Waals surface area contributed by atoms with E-state index in [-0.39, 0.29) is 30.2 Å².